The molecule has 7 heteroatoms. The van der Waals surface area contributed by atoms with Crippen LogP contribution in [0, 0.1) is 0 Å². The number of carbonyl (C=O) groups excluding carboxylic acids is 2. The molecule has 0 aromatic rings. The van der Waals surface area contributed by atoms with Gasteiger partial charge in [-0.05, 0) is 12.8 Å². The number of hydrogen-bond acceptors (Lipinski definition) is 4. The maximum Gasteiger partial charge on any atom is 0.220 e. The number of nitrogens with zero attached hydrogens (tertiary/aromatic N) is 1. The number of nitrogens with one attached hydrogen (secondary N) is 2. The summed E-state index contributed by atoms with van der Waals surface area (Å²) in [5.74, 6) is 0.256. The molecule has 0 saturated carbocycles. The molecule has 3 N–H and O–H groups in total. The van der Waals surface area contributed by atoms with Crippen LogP contribution < -0.4 is 10.6 Å². The van der Waals surface area contributed by atoms with Crippen molar-refractivity contribution in [2.75, 3.05) is 39.3 Å². The first kappa shape index (κ1) is 46.3. The second-order valence-electron chi connectivity index (χ2n) is 13.3. The average molecular weight is 661 g/mol. The predicted octanol–water partition coefficient (Wildman–Crippen LogP) is 9.90. The van der Waals surface area contributed by atoms with E-state index in [1.165, 1.54) is 141 Å². The van der Waals surface area contributed by atoms with Crippen molar-refractivity contribution in [3.05, 3.63) is 0 Å². The Balaban J connectivity index is 0. The Hall–Kier alpha value is -0.850. The minimum atomic E-state index is 0. The first-order chi connectivity index (χ1) is 21.6. The maximum absolute atomic E-state index is 12.2. The smallest absolute Gasteiger partial charge is 0.220 e. The summed E-state index contributed by atoms with van der Waals surface area (Å²) in [7, 11) is 0. The van der Waals surface area contributed by atoms with E-state index in [1.54, 1.807) is 0 Å². The van der Waals surface area contributed by atoms with Crippen LogP contribution in [0.5, 0.6) is 0 Å². The second kappa shape index (κ2) is 39.3. The Bertz CT molecular complexity index is 561. The topological polar surface area (TPSA) is 81.7 Å². The van der Waals surface area contributed by atoms with Gasteiger partial charge in [0.15, 0.2) is 0 Å². The van der Waals surface area contributed by atoms with Gasteiger partial charge >= 0.3 is 0 Å². The molecule has 0 unspecified atom stereocenters. The number of amides is 2. The Labute approximate surface area is 286 Å². The molecule has 0 radical (unpaired) electrons. The normalized spacial score (nSPS) is 11.1. The Morgan fingerprint density at radius 1 is 0.444 bits per heavy atom. The van der Waals surface area contributed by atoms with Crippen molar-refractivity contribution in [2.24, 2.45) is 0 Å². The quantitative estimate of drug-likeness (QED) is 0.0585. The zero-order chi connectivity index (χ0) is 32.2. The van der Waals surface area contributed by atoms with Gasteiger partial charge in [0.25, 0.3) is 0 Å². The standard InChI is InChI=1S/C38H77N3O3.ClH/c1-3-5-7-9-11-13-15-17-19-21-23-25-27-29-37(43)39-31-33-41(35-36-42)34-32-40-38(44)30-28-26-24-22-20-18-16-14-12-10-8-6-4-2;/h42H,3-36H2,1-2H3,(H,39,43)(H,40,44);1H. The zero-order valence-corrected chi connectivity index (χ0v) is 31.0. The molecule has 0 aliphatic carbocycles. The molecular weight excluding hydrogens is 582 g/mol. The highest BCUT2D eigenvalue weighted by Crippen LogP contribution is 2.14. The van der Waals surface area contributed by atoms with Crippen molar-refractivity contribution >= 4 is 24.2 Å². The molecule has 6 nitrogen and oxygen atoms in total. The van der Waals surface area contributed by atoms with Gasteiger partial charge in [0.2, 0.25) is 11.8 Å². The van der Waals surface area contributed by atoms with Gasteiger partial charge in [-0.25, -0.2) is 0 Å². The molecule has 0 aliphatic rings. The first-order valence-electron chi connectivity index (χ1n) is 19.5. The molecule has 0 rings (SSSR count). The molecule has 45 heavy (non-hydrogen) atoms. The summed E-state index contributed by atoms with van der Waals surface area (Å²) in [6.07, 6.45) is 35.3. The van der Waals surface area contributed by atoms with E-state index in [4.69, 9.17) is 0 Å². The second-order valence-corrected chi connectivity index (χ2v) is 13.3. The fourth-order valence-corrected chi connectivity index (χ4v) is 5.97. The molecule has 0 aromatic carbocycles. The molecule has 0 atom stereocenters. The molecule has 0 bridgehead atoms. The molecule has 0 fully saturated rings. The summed E-state index contributed by atoms with van der Waals surface area (Å²) < 4.78 is 0. The van der Waals surface area contributed by atoms with Crippen molar-refractivity contribution in [1.29, 1.82) is 0 Å². The third-order valence-electron chi connectivity index (χ3n) is 8.93. The number of hydrogen-bond donors (Lipinski definition) is 3. The maximum atomic E-state index is 12.2. The molecule has 0 aliphatic heterocycles. The molecular formula is C38H78ClN3O3. The molecule has 0 spiro atoms. The Morgan fingerprint density at radius 3 is 0.978 bits per heavy atom. The number of aliphatic hydroxyl groups excluding tert-OH is 1. The summed E-state index contributed by atoms with van der Waals surface area (Å²) in [6, 6.07) is 0. The van der Waals surface area contributed by atoms with Crippen molar-refractivity contribution in [1.82, 2.24) is 15.5 Å². The molecule has 0 aromatic heterocycles. The predicted molar refractivity (Wildman–Crippen MR) is 197 cm³/mol. The SMILES string of the molecule is CCCCCCCCCCCCCCCC(=O)NCCN(CCO)CCNC(=O)CCCCCCCCCCCCCCC.Cl. The fourth-order valence-electron chi connectivity index (χ4n) is 5.97. The van der Waals surface area contributed by atoms with E-state index in [1.807, 2.05) is 0 Å². The summed E-state index contributed by atoms with van der Waals surface area (Å²) in [4.78, 5) is 26.5. The van der Waals surface area contributed by atoms with Gasteiger partial charge in [-0.1, -0.05) is 168 Å². The number of rotatable bonds is 36. The summed E-state index contributed by atoms with van der Waals surface area (Å²) in [5.41, 5.74) is 0. The van der Waals surface area contributed by atoms with Crippen LogP contribution in [0.25, 0.3) is 0 Å². The van der Waals surface area contributed by atoms with Crippen LogP contribution in [0.2, 0.25) is 0 Å². The van der Waals surface area contributed by atoms with Gasteiger partial charge in [0, 0.05) is 45.6 Å². The Kier molecular flexibility index (Phi) is 40.4. The van der Waals surface area contributed by atoms with Gasteiger partial charge in [0.1, 0.15) is 0 Å². The van der Waals surface area contributed by atoms with Crippen molar-refractivity contribution in [2.45, 2.75) is 194 Å². The molecule has 0 heterocycles. The minimum absolute atomic E-state index is 0. The van der Waals surface area contributed by atoms with Crippen molar-refractivity contribution in [3.63, 3.8) is 0 Å². The lowest BCUT2D eigenvalue weighted by atomic mass is 10.0. The van der Waals surface area contributed by atoms with E-state index in [2.05, 4.69) is 29.4 Å². The van der Waals surface area contributed by atoms with Gasteiger partial charge in [-0.3, -0.25) is 14.5 Å². The molecule has 0 saturated heterocycles. The van der Waals surface area contributed by atoms with E-state index in [0.29, 0.717) is 45.6 Å². The van der Waals surface area contributed by atoms with Crippen molar-refractivity contribution in [3.8, 4) is 0 Å². The van der Waals surface area contributed by atoms with Gasteiger partial charge in [0.05, 0.1) is 6.61 Å². The van der Waals surface area contributed by atoms with Crippen LogP contribution in [0.1, 0.15) is 194 Å². The average Bonchev–Trinajstić information content (AvgIpc) is 3.01. The van der Waals surface area contributed by atoms with E-state index in [9.17, 15) is 14.7 Å². The van der Waals surface area contributed by atoms with E-state index in [-0.39, 0.29) is 30.8 Å². The van der Waals surface area contributed by atoms with Gasteiger partial charge < -0.3 is 15.7 Å². The minimum Gasteiger partial charge on any atom is -0.395 e. The van der Waals surface area contributed by atoms with Crippen molar-refractivity contribution < 1.29 is 14.7 Å². The number of carbonyl (C=O) groups is 2. The van der Waals surface area contributed by atoms with Crippen LogP contribution in [-0.2, 0) is 9.59 Å². The van der Waals surface area contributed by atoms with Crippen LogP contribution in [0.4, 0.5) is 0 Å². The fraction of sp³-hybridized carbons (Fsp3) is 0.947. The van der Waals surface area contributed by atoms with Crippen LogP contribution in [0.3, 0.4) is 0 Å². The number of halogens is 1. The van der Waals surface area contributed by atoms with Crippen LogP contribution in [0.15, 0.2) is 0 Å². The third-order valence-corrected chi connectivity index (χ3v) is 8.93. The number of aliphatic hydroxyl groups is 1. The van der Waals surface area contributed by atoms with Crippen LogP contribution in [-0.4, -0.2) is 61.2 Å². The highest BCUT2D eigenvalue weighted by Gasteiger charge is 2.08. The molecule has 2 amide bonds. The van der Waals surface area contributed by atoms with Gasteiger partial charge in [-0.2, -0.15) is 0 Å². The summed E-state index contributed by atoms with van der Waals surface area (Å²) >= 11 is 0. The number of unbranched alkanes of at least 4 members (excludes halogenated alkanes) is 24. The van der Waals surface area contributed by atoms with E-state index >= 15 is 0 Å². The zero-order valence-electron chi connectivity index (χ0n) is 30.2. The summed E-state index contributed by atoms with van der Waals surface area (Å²) in [5, 5.41) is 15.5. The lowest BCUT2D eigenvalue weighted by Gasteiger charge is -2.21. The lowest BCUT2D eigenvalue weighted by Crippen LogP contribution is -2.40. The highest BCUT2D eigenvalue weighted by atomic mass is 35.5. The highest BCUT2D eigenvalue weighted by molar-refractivity contribution is 5.85. The van der Waals surface area contributed by atoms with E-state index < -0.39 is 0 Å². The van der Waals surface area contributed by atoms with E-state index in [0.717, 1.165) is 25.7 Å². The third kappa shape index (κ3) is 37.5. The lowest BCUT2D eigenvalue weighted by molar-refractivity contribution is -0.121. The van der Waals surface area contributed by atoms with Gasteiger partial charge in [-0.15, -0.1) is 12.4 Å². The first-order valence-corrected chi connectivity index (χ1v) is 19.5. The molecule has 270 valence electrons. The van der Waals surface area contributed by atoms with Crippen LogP contribution >= 0.6 is 12.4 Å². The largest absolute Gasteiger partial charge is 0.395 e. The summed E-state index contributed by atoms with van der Waals surface area (Å²) in [6.45, 7) is 7.75. The monoisotopic (exact) mass is 660 g/mol. The Morgan fingerprint density at radius 2 is 0.711 bits per heavy atom.